The Morgan fingerprint density at radius 2 is 1.80 bits per heavy atom. The lowest BCUT2D eigenvalue weighted by molar-refractivity contribution is -0.245. The highest BCUT2D eigenvalue weighted by atomic mass is 16.8. The maximum atomic E-state index is 12.3. The zero-order chi connectivity index (χ0) is 21.1. The molecule has 0 unspecified atom stereocenters. The molecule has 0 amide bonds. The van der Waals surface area contributed by atoms with Crippen LogP contribution in [0.25, 0.3) is 0 Å². The SMILES string of the molecule is CC1(C)O[C@@H]2[C@H](O1)[C@@H]1C[C@@H](COC(=O)c3ccccc3)ON1[C@H]2[C@H]1COC(C)(C)O1. The van der Waals surface area contributed by atoms with E-state index in [4.69, 9.17) is 28.5 Å². The van der Waals surface area contributed by atoms with Gasteiger partial charge in [0.05, 0.1) is 24.3 Å². The lowest BCUT2D eigenvalue weighted by atomic mass is 10.0. The fraction of sp³-hybridized carbons (Fsp3) is 0.682. The van der Waals surface area contributed by atoms with Crippen molar-refractivity contribution in [2.75, 3.05) is 13.2 Å². The summed E-state index contributed by atoms with van der Waals surface area (Å²) in [5, 5.41) is 1.95. The van der Waals surface area contributed by atoms with E-state index in [1.165, 1.54) is 0 Å². The van der Waals surface area contributed by atoms with Crippen molar-refractivity contribution in [1.29, 1.82) is 0 Å². The number of hydroxylamine groups is 2. The van der Waals surface area contributed by atoms with Gasteiger partial charge in [0.25, 0.3) is 0 Å². The average Bonchev–Trinajstić information content (AvgIpc) is 3.40. The predicted octanol–water partition coefficient (Wildman–Crippen LogP) is 2.27. The standard InChI is InChI=1S/C22H29NO7/c1-21(2)26-12-16(27-21)17-19-18(28-22(3,4)29-19)15-10-14(30-23(15)17)11-25-20(24)13-8-6-5-7-9-13/h5-9,14-19H,10-12H2,1-4H3/t14-,15-,16+,17-,18+,19-/m0/s1. The van der Waals surface area contributed by atoms with E-state index in [0.29, 0.717) is 18.6 Å². The summed E-state index contributed by atoms with van der Waals surface area (Å²) in [5.74, 6) is -1.65. The summed E-state index contributed by atoms with van der Waals surface area (Å²) in [4.78, 5) is 18.5. The van der Waals surface area contributed by atoms with Gasteiger partial charge < -0.3 is 23.7 Å². The van der Waals surface area contributed by atoms with Gasteiger partial charge in [0.2, 0.25) is 0 Å². The van der Waals surface area contributed by atoms with Crippen LogP contribution in [0, 0.1) is 0 Å². The molecule has 4 aliphatic rings. The molecular weight excluding hydrogens is 390 g/mol. The van der Waals surface area contributed by atoms with Gasteiger partial charge in [-0.05, 0) is 46.2 Å². The number of nitrogens with zero attached hydrogens (tertiary/aromatic N) is 1. The predicted molar refractivity (Wildman–Crippen MR) is 104 cm³/mol. The third kappa shape index (κ3) is 3.66. The van der Waals surface area contributed by atoms with Crippen molar-refractivity contribution in [1.82, 2.24) is 5.06 Å². The second-order valence-corrected chi connectivity index (χ2v) is 9.28. The molecule has 8 nitrogen and oxygen atoms in total. The molecular formula is C22H29NO7. The Morgan fingerprint density at radius 3 is 2.50 bits per heavy atom. The number of carbonyl (C=O) groups excluding carboxylic acids is 1. The van der Waals surface area contributed by atoms with E-state index in [0.717, 1.165) is 0 Å². The minimum Gasteiger partial charge on any atom is -0.459 e. The molecule has 4 heterocycles. The molecule has 8 heteroatoms. The average molecular weight is 419 g/mol. The van der Waals surface area contributed by atoms with Crippen LogP contribution in [0.1, 0.15) is 44.5 Å². The summed E-state index contributed by atoms with van der Waals surface area (Å²) in [6, 6.07) is 8.82. The van der Waals surface area contributed by atoms with Crippen molar-refractivity contribution in [2.24, 2.45) is 0 Å². The smallest absolute Gasteiger partial charge is 0.338 e. The zero-order valence-electron chi connectivity index (χ0n) is 17.8. The third-order valence-corrected chi connectivity index (χ3v) is 6.10. The summed E-state index contributed by atoms with van der Waals surface area (Å²) in [6.07, 6.45) is -0.0438. The Balaban J connectivity index is 1.28. The number of hydrogen-bond acceptors (Lipinski definition) is 8. The Bertz CT molecular complexity index is 798. The van der Waals surface area contributed by atoms with Crippen LogP contribution in [0.5, 0.6) is 0 Å². The van der Waals surface area contributed by atoms with Gasteiger partial charge in [0.1, 0.15) is 31.0 Å². The summed E-state index contributed by atoms with van der Waals surface area (Å²) < 4.78 is 29.9. The monoisotopic (exact) mass is 419 g/mol. The first-order chi connectivity index (χ1) is 14.2. The highest BCUT2D eigenvalue weighted by Gasteiger charge is 2.64. The number of benzene rings is 1. The van der Waals surface area contributed by atoms with Crippen molar-refractivity contribution in [3.8, 4) is 0 Å². The van der Waals surface area contributed by atoms with Gasteiger partial charge >= 0.3 is 5.97 Å². The van der Waals surface area contributed by atoms with E-state index < -0.39 is 11.6 Å². The van der Waals surface area contributed by atoms with Gasteiger partial charge in [-0.25, -0.2) is 4.79 Å². The van der Waals surface area contributed by atoms with E-state index in [2.05, 4.69) is 0 Å². The first kappa shape index (κ1) is 20.4. The number of carbonyl (C=O) groups is 1. The highest BCUT2D eigenvalue weighted by Crippen LogP contribution is 2.47. The third-order valence-electron chi connectivity index (χ3n) is 6.10. The molecule has 4 aliphatic heterocycles. The van der Waals surface area contributed by atoms with Crippen LogP contribution in [-0.2, 0) is 28.5 Å². The van der Waals surface area contributed by atoms with Crippen molar-refractivity contribution in [2.45, 2.75) is 82.2 Å². The van der Waals surface area contributed by atoms with Crippen LogP contribution in [0.2, 0.25) is 0 Å². The maximum absolute atomic E-state index is 12.3. The number of hydrogen-bond donors (Lipinski definition) is 0. The van der Waals surface area contributed by atoms with Crippen LogP contribution < -0.4 is 0 Å². The topological polar surface area (TPSA) is 75.7 Å². The normalized spacial score (nSPS) is 39.1. The van der Waals surface area contributed by atoms with Gasteiger partial charge in [-0.1, -0.05) is 18.2 Å². The molecule has 164 valence electrons. The Hall–Kier alpha value is -1.55. The first-order valence-electron chi connectivity index (χ1n) is 10.6. The van der Waals surface area contributed by atoms with E-state index in [1.807, 2.05) is 51.0 Å². The number of rotatable bonds is 4. The molecule has 0 aliphatic carbocycles. The molecule has 30 heavy (non-hydrogen) atoms. The molecule has 1 aromatic carbocycles. The van der Waals surface area contributed by atoms with Crippen LogP contribution in [0.15, 0.2) is 30.3 Å². The molecule has 0 saturated carbocycles. The summed E-state index contributed by atoms with van der Waals surface area (Å²) in [6.45, 7) is 8.32. The van der Waals surface area contributed by atoms with Gasteiger partial charge in [0.15, 0.2) is 11.6 Å². The Labute approximate surface area is 176 Å². The molecule has 0 N–H and O–H groups in total. The minimum absolute atomic E-state index is 0.00881. The van der Waals surface area contributed by atoms with Crippen LogP contribution in [0.4, 0.5) is 0 Å². The second kappa shape index (κ2) is 7.25. The Morgan fingerprint density at radius 1 is 1.07 bits per heavy atom. The number of esters is 1. The highest BCUT2D eigenvalue weighted by molar-refractivity contribution is 5.89. The van der Waals surface area contributed by atoms with Crippen molar-refractivity contribution < 1.29 is 33.3 Å². The van der Waals surface area contributed by atoms with E-state index in [1.54, 1.807) is 12.1 Å². The van der Waals surface area contributed by atoms with Crippen molar-refractivity contribution in [3.63, 3.8) is 0 Å². The van der Waals surface area contributed by atoms with E-state index in [9.17, 15) is 4.79 Å². The summed E-state index contributed by atoms with van der Waals surface area (Å²) in [7, 11) is 0. The fourth-order valence-electron chi connectivity index (χ4n) is 4.94. The van der Waals surface area contributed by atoms with Crippen LogP contribution in [0.3, 0.4) is 0 Å². The molecule has 4 fully saturated rings. The quantitative estimate of drug-likeness (QED) is 0.688. The van der Waals surface area contributed by atoms with Crippen LogP contribution >= 0.6 is 0 Å². The number of ether oxygens (including phenoxy) is 5. The molecule has 0 bridgehead atoms. The first-order valence-corrected chi connectivity index (χ1v) is 10.6. The van der Waals surface area contributed by atoms with Crippen molar-refractivity contribution >= 4 is 5.97 Å². The van der Waals surface area contributed by atoms with Crippen molar-refractivity contribution in [3.05, 3.63) is 35.9 Å². The molecule has 0 radical (unpaired) electrons. The molecule has 5 rings (SSSR count). The molecule has 4 saturated heterocycles. The van der Waals surface area contributed by atoms with E-state index >= 15 is 0 Å². The summed E-state index contributed by atoms with van der Waals surface area (Å²) in [5.41, 5.74) is 0.530. The largest absolute Gasteiger partial charge is 0.459 e. The second-order valence-electron chi connectivity index (χ2n) is 9.28. The van der Waals surface area contributed by atoms with Gasteiger partial charge in [-0.15, -0.1) is 0 Å². The molecule has 0 aromatic heterocycles. The lowest BCUT2D eigenvalue weighted by Gasteiger charge is -2.32. The molecule has 1 aromatic rings. The fourth-order valence-corrected chi connectivity index (χ4v) is 4.94. The van der Waals surface area contributed by atoms with Crippen LogP contribution in [-0.4, -0.2) is 72.3 Å². The lowest BCUT2D eigenvalue weighted by Crippen LogP contribution is -2.48. The van der Waals surface area contributed by atoms with Gasteiger partial charge in [-0.3, -0.25) is 4.84 Å². The van der Waals surface area contributed by atoms with Gasteiger partial charge in [-0.2, -0.15) is 5.06 Å². The van der Waals surface area contributed by atoms with E-state index in [-0.39, 0.29) is 49.1 Å². The summed E-state index contributed by atoms with van der Waals surface area (Å²) >= 11 is 0. The maximum Gasteiger partial charge on any atom is 0.338 e. The Kier molecular flexibility index (Phi) is 4.92. The minimum atomic E-state index is -0.660. The molecule has 6 atom stereocenters. The van der Waals surface area contributed by atoms with Gasteiger partial charge in [0, 0.05) is 0 Å². The number of fused-ring (bicyclic) bond motifs is 3. The molecule has 0 spiro atoms. The zero-order valence-corrected chi connectivity index (χ0v) is 17.8.